The molecule has 1 aromatic rings. The number of thioether (sulfide) groups is 1. The Morgan fingerprint density at radius 2 is 1.74 bits per heavy atom. The molecular weight excluding hydrogens is 548 g/mol. The average Bonchev–Trinajstić information content (AvgIpc) is 3.43. The third kappa shape index (κ3) is 9.61. The van der Waals surface area contributed by atoms with Gasteiger partial charge in [0.15, 0.2) is 0 Å². The molecule has 0 aromatic heterocycles. The van der Waals surface area contributed by atoms with Crippen molar-refractivity contribution in [3.8, 4) is 0 Å². The molecule has 6 nitrogen and oxygen atoms in total. The molecule has 0 radical (unpaired) electrons. The highest BCUT2D eigenvalue weighted by Crippen LogP contribution is 2.28. The molecule has 2 atom stereocenters. The van der Waals surface area contributed by atoms with Gasteiger partial charge in [0.1, 0.15) is 6.04 Å². The fourth-order valence-electron chi connectivity index (χ4n) is 6.00. The SMILES string of the molecule is CC(C)C(=O)N1CSC[C@H]1C(=O)N[C@H](CCC1CCCCC1)C(=S)NC1CCN(Cc2ccccc2)CC1.Cl. The number of thiocarbonyl (C=S) groups is 1. The monoisotopic (exact) mass is 594 g/mol. The zero-order chi connectivity index (χ0) is 26.9. The van der Waals surface area contributed by atoms with Gasteiger partial charge in [-0.25, -0.2) is 0 Å². The topological polar surface area (TPSA) is 64.7 Å². The van der Waals surface area contributed by atoms with Gasteiger partial charge < -0.3 is 15.5 Å². The number of nitrogens with one attached hydrogen (secondary N) is 2. The van der Waals surface area contributed by atoms with Crippen LogP contribution in [0.5, 0.6) is 0 Å². The average molecular weight is 595 g/mol. The van der Waals surface area contributed by atoms with E-state index in [0.717, 1.165) is 56.2 Å². The van der Waals surface area contributed by atoms with E-state index in [4.69, 9.17) is 12.2 Å². The third-order valence-electron chi connectivity index (χ3n) is 8.37. The summed E-state index contributed by atoms with van der Waals surface area (Å²) in [5, 5.41) is 6.94. The molecule has 0 unspecified atom stereocenters. The quantitative estimate of drug-likeness (QED) is 0.354. The second-order valence-corrected chi connectivity index (χ2v) is 13.1. The summed E-state index contributed by atoms with van der Waals surface area (Å²) in [6.07, 6.45) is 10.6. The first-order valence-electron chi connectivity index (χ1n) is 14.7. The second kappa shape index (κ2) is 16.2. The van der Waals surface area contributed by atoms with Crippen molar-refractivity contribution in [2.45, 2.75) is 96.3 Å². The van der Waals surface area contributed by atoms with Gasteiger partial charge in [-0.2, -0.15) is 0 Å². The number of hydrogen-bond acceptors (Lipinski definition) is 5. The van der Waals surface area contributed by atoms with Crippen LogP contribution in [0.1, 0.15) is 77.2 Å². The Kier molecular flexibility index (Phi) is 13.3. The molecule has 218 valence electrons. The molecule has 1 saturated carbocycles. The van der Waals surface area contributed by atoms with E-state index in [1.165, 1.54) is 37.7 Å². The summed E-state index contributed by atoms with van der Waals surface area (Å²) >= 11 is 7.60. The molecule has 39 heavy (non-hydrogen) atoms. The van der Waals surface area contributed by atoms with Gasteiger partial charge in [0.2, 0.25) is 11.8 Å². The molecule has 2 amide bonds. The first-order valence-corrected chi connectivity index (χ1v) is 16.2. The van der Waals surface area contributed by atoms with Crippen LogP contribution in [-0.2, 0) is 16.1 Å². The van der Waals surface area contributed by atoms with E-state index >= 15 is 0 Å². The molecule has 2 heterocycles. The molecule has 1 aromatic carbocycles. The van der Waals surface area contributed by atoms with Crippen molar-refractivity contribution >= 4 is 53.2 Å². The van der Waals surface area contributed by atoms with Gasteiger partial charge >= 0.3 is 0 Å². The number of nitrogens with zero attached hydrogens (tertiary/aromatic N) is 2. The highest BCUT2D eigenvalue weighted by molar-refractivity contribution is 7.99. The fourth-order valence-corrected chi connectivity index (χ4v) is 7.51. The number of carbonyl (C=O) groups is 2. The summed E-state index contributed by atoms with van der Waals surface area (Å²) in [5.41, 5.74) is 1.36. The number of amides is 2. The minimum Gasteiger partial charge on any atom is -0.375 e. The molecule has 2 saturated heterocycles. The van der Waals surface area contributed by atoms with E-state index in [9.17, 15) is 9.59 Å². The maximum atomic E-state index is 13.4. The fraction of sp³-hybridized carbons (Fsp3) is 0.700. The molecule has 0 bridgehead atoms. The van der Waals surface area contributed by atoms with Gasteiger partial charge in [-0.15, -0.1) is 24.2 Å². The number of rotatable bonds is 10. The highest BCUT2D eigenvalue weighted by Gasteiger charge is 2.37. The summed E-state index contributed by atoms with van der Waals surface area (Å²) in [6, 6.07) is 10.4. The molecule has 4 rings (SSSR count). The first-order chi connectivity index (χ1) is 18.4. The molecule has 3 fully saturated rings. The molecule has 3 aliphatic rings. The molecule has 2 N–H and O–H groups in total. The van der Waals surface area contributed by atoms with Crippen molar-refractivity contribution in [1.82, 2.24) is 20.4 Å². The minimum atomic E-state index is -0.406. The van der Waals surface area contributed by atoms with Crippen molar-refractivity contribution in [3.63, 3.8) is 0 Å². The summed E-state index contributed by atoms with van der Waals surface area (Å²) in [5.74, 6) is 1.86. The van der Waals surface area contributed by atoms with Crippen molar-refractivity contribution in [1.29, 1.82) is 0 Å². The van der Waals surface area contributed by atoms with Gasteiger partial charge in [0.25, 0.3) is 0 Å². The highest BCUT2D eigenvalue weighted by atomic mass is 35.5. The molecule has 0 spiro atoms. The van der Waals surface area contributed by atoms with Crippen LogP contribution in [0.15, 0.2) is 30.3 Å². The van der Waals surface area contributed by atoms with Crippen molar-refractivity contribution in [2.24, 2.45) is 11.8 Å². The van der Waals surface area contributed by atoms with E-state index in [0.29, 0.717) is 17.7 Å². The summed E-state index contributed by atoms with van der Waals surface area (Å²) in [6.45, 7) is 6.87. The lowest BCUT2D eigenvalue weighted by molar-refractivity contribution is -0.140. The molecule has 2 aliphatic heterocycles. The van der Waals surface area contributed by atoms with E-state index in [1.807, 2.05) is 13.8 Å². The van der Waals surface area contributed by atoms with Gasteiger partial charge in [0.05, 0.1) is 16.9 Å². The van der Waals surface area contributed by atoms with E-state index < -0.39 is 6.04 Å². The Balaban J connectivity index is 0.00000420. The maximum absolute atomic E-state index is 13.4. The predicted molar refractivity (Wildman–Crippen MR) is 168 cm³/mol. The Bertz CT molecular complexity index is 921. The van der Waals surface area contributed by atoms with Crippen LogP contribution in [0.25, 0.3) is 0 Å². The second-order valence-electron chi connectivity index (χ2n) is 11.7. The Morgan fingerprint density at radius 1 is 1.05 bits per heavy atom. The summed E-state index contributed by atoms with van der Waals surface area (Å²) in [4.78, 5) is 31.2. The normalized spacial score (nSPS) is 21.8. The summed E-state index contributed by atoms with van der Waals surface area (Å²) < 4.78 is 0. The summed E-state index contributed by atoms with van der Waals surface area (Å²) in [7, 11) is 0. The lowest BCUT2D eigenvalue weighted by atomic mass is 9.85. The predicted octanol–water partition coefficient (Wildman–Crippen LogP) is 5.39. The lowest BCUT2D eigenvalue weighted by Crippen LogP contribution is -2.55. The van der Waals surface area contributed by atoms with Crippen molar-refractivity contribution in [2.75, 3.05) is 24.7 Å². The van der Waals surface area contributed by atoms with Crippen molar-refractivity contribution in [3.05, 3.63) is 35.9 Å². The van der Waals surface area contributed by atoms with Crippen molar-refractivity contribution < 1.29 is 9.59 Å². The van der Waals surface area contributed by atoms with Crippen LogP contribution in [-0.4, -0.2) is 69.4 Å². The number of halogens is 1. The standard InChI is InChI=1S/C30H46N4O2S2.ClH/c1-22(2)30(36)34-21-38-20-27(34)28(35)32-26(14-13-23-9-5-3-6-10-23)29(37)31-25-15-17-33(18-16-25)19-24-11-7-4-8-12-24;/h4,7-8,11-12,22-23,25-27H,3,5-6,9-10,13-21H2,1-2H3,(H,31,37)(H,32,35);1H/t26-,27+;/m1./s1. The van der Waals surface area contributed by atoms with Crippen LogP contribution in [0.3, 0.4) is 0 Å². The van der Waals surface area contributed by atoms with Gasteiger partial charge in [-0.05, 0) is 37.2 Å². The zero-order valence-corrected chi connectivity index (χ0v) is 26.1. The number of likely N-dealkylation sites (tertiary alicyclic amines) is 1. The zero-order valence-electron chi connectivity index (χ0n) is 23.6. The van der Waals surface area contributed by atoms with Gasteiger partial charge in [-0.1, -0.05) is 88.5 Å². The maximum Gasteiger partial charge on any atom is 0.244 e. The van der Waals surface area contributed by atoms with Crippen LogP contribution in [0, 0.1) is 11.8 Å². The first kappa shape index (κ1) is 32.2. The number of hydrogen-bond donors (Lipinski definition) is 2. The van der Waals surface area contributed by atoms with Gasteiger partial charge in [-0.3, -0.25) is 14.5 Å². The molecular formula is C30H47ClN4O2S2. The van der Waals surface area contributed by atoms with Gasteiger partial charge in [0, 0.05) is 37.3 Å². The lowest BCUT2D eigenvalue weighted by Gasteiger charge is -2.35. The minimum absolute atomic E-state index is 0. The van der Waals surface area contributed by atoms with E-state index in [2.05, 4.69) is 45.9 Å². The van der Waals surface area contributed by atoms with Crippen LogP contribution < -0.4 is 10.6 Å². The number of piperidine rings is 1. The Morgan fingerprint density at radius 3 is 2.41 bits per heavy atom. The van der Waals surface area contributed by atoms with Crippen LogP contribution >= 0.6 is 36.4 Å². The Labute approximate surface area is 251 Å². The van der Waals surface area contributed by atoms with E-state index in [-0.39, 0.29) is 36.2 Å². The van der Waals surface area contributed by atoms with Crippen LogP contribution in [0.4, 0.5) is 0 Å². The van der Waals surface area contributed by atoms with E-state index in [1.54, 1.807) is 16.7 Å². The molecule has 9 heteroatoms. The number of carbonyl (C=O) groups excluding carboxylic acids is 2. The van der Waals surface area contributed by atoms with Crippen LogP contribution in [0.2, 0.25) is 0 Å². The third-order valence-corrected chi connectivity index (χ3v) is 9.78. The molecule has 1 aliphatic carbocycles. The largest absolute Gasteiger partial charge is 0.375 e. The number of benzene rings is 1. The smallest absolute Gasteiger partial charge is 0.244 e. The Hall–Kier alpha value is -1.35.